The summed E-state index contributed by atoms with van der Waals surface area (Å²) < 4.78 is 5.09. The van der Waals surface area contributed by atoms with E-state index in [1.165, 1.54) is 37.2 Å². The summed E-state index contributed by atoms with van der Waals surface area (Å²) in [6.45, 7) is 6.39. The third-order valence-electron chi connectivity index (χ3n) is 3.82. The van der Waals surface area contributed by atoms with Crippen LogP contribution in [0.15, 0.2) is 24.3 Å². The van der Waals surface area contributed by atoms with Crippen LogP contribution in [0.3, 0.4) is 0 Å². The van der Waals surface area contributed by atoms with Gasteiger partial charge in [-0.25, -0.2) is 0 Å². The zero-order chi connectivity index (χ0) is 13.5. The molecule has 1 aliphatic rings. The van der Waals surface area contributed by atoms with Gasteiger partial charge in [-0.05, 0) is 43.9 Å². The van der Waals surface area contributed by atoms with Crippen LogP contribution in [0.2, 0.25) is 0 Å². The van der Waals surface area contributed by atoms with E-state index in [4.69, 9.17) is 4.74 Å². The normalized spacial score (nSPS) is 16.8. The Balaban J connectivity index is 1.78. The van der Waals surface area contributed by atoms with Crippen molar-refractivity contribution >= 4 is 5.69 Å². The smallest absolute Gasteiger partial charge is 0.0476 e. The molecule has 0 aliphatic carbocycles. The summed E-state index contributed by atoms with van der Waals surface area (Å²) in [4.78, 5) is 2.47. The van der Waals surface area contributed by atoms with Gasteiger partial charge in [0, 0.05) is 45.1 Å². The second-order valence-corrected chi connectivity index (χ2v) is 5.42. The molecule has 1 N–H and O–H groups in total. The van der Waals surface area contributed by atoms with Crippen LogP contribution in [-0.2, 0) is 11.3 Å². The van der Waals surface area contributed by atoms with Crippen molar-refractivity contribution in [1.82, 2.24) is 5.32 Å². The maximum Gasteiger partial charge on any atom is 0.0476 e. The Morgan fingerprint density at radius 3 is 2.53 bits per heavy atom. The highest BCUT2D eigenvalue weighted by atomic mass is 16.5. The maximum absolute atomic E-state index is 5.09. The van der Waals surface area contributed by atoms with E-state index in [1.54, 1.807) is 7.11 Å². The highest BCUT2D eigenvalue weighted by Crippen LogP contribution is 2.20. The minimum atomic E-state index is 0.498. The molecule has 1 aliphatic heterocycles. The summed E-state index contributed by atoms with van der Waals surface area (Å²) in [6, 6.07) is 9.48. The molecule has 106 valence electrons. The van der Waals surface area contributed by atoms with Crippen molar-refractivity contribution in [3.05, 3.63) is 29.8 Å². The van der Waals surface area contributed by atoms with Crippen LogP contribution in [0.1, 0.15) is 31.7 Å². The maximum atomic E-state index is 5.09. The number of hydrogen-bond donors (Lipinski definition) is 1. The van der Waals surface area contributed by atoms with Crippen molar-refractivity contribution in [3.63, 3.8) is 0 Å². The Morgan fingerprint density at radius 2 is 1.89 bits per heavy atom. The topological polar surface area (TPSA) is 24.5 Å². The van der Waals surface area contributed by atoms with E-state index in [0.29, 0.717) is 6.04 Å². The van der Waals surface area contributed by atoms with Gasteiger partial charge >= 0.3 is 0 Å². The predicted molar refractivity (Wildman–Crippen MR) is 80.7 cm³/mol. The molecule has 3 heteroatoms. The van der Waals surface area contributed by atoms with Crippen LogP contribution in [0.5, 0.6) is 0 Å². The predicted octanol–water partition coefficient (Wildman–Crippen LogP) is 2.80. The molecule has 0 bridgehead atoms. The van der Waals surface area contributed by atoms with Crippen molar-refractivity contribution in [2.75, 3.05) is 31.7 Å². The number of rotatable bonds is 7. The average Bonchev–Trinajstić information content (AvgIpc) is 2.97. The van der Waals surface area contributed by atoms with Crippen LogP contribution in [0.4, 0.5) is 5.69 Å². The summed E-state index contributed by atoms with van der Waals surface area (Å²) in [7, 11) is 1.75. The lowest BCUT2D eigenvalue weighted by molar-refractivity contribution is 0.184. The summed E-state index contributed by atoms with van der Waals surface area (Å²) in [5.41, 5.74) is 2.72. The first-order valence-corrected chi connectivity index (χ1v) is 7.36. The van der Waals surface area contributed by atoms with Crippen LogP contribution in [0, 0.1) is 0 Å². The van der Waals surface area contributed by atoms with Gasteiger partial charge in [0.2, 0.25) is 0 Å². The molecule has 0 aromatic heterocycles. The summed E-state index contributed by atoms with van der Waals surface area (Å²) in [5, 5.41) is 3.53. The van der Waals surface area contributed by atoms with Crippen molar-refractivity contribution in [3.8, 4) is 0 Å². The van der Waals surface area contributed by atoms with E-state index in [0.717, 1.165) is 19.6 Å². The lowest BCUT2D eigenvalue weighted by Crippen LogP contribution is -2.26. The Morgan fingerprint density at radius 1 is 1.21 bits per heavy atom. The molecule has 1 aromatic rings. The van der Waals surface area contributed by atoms with Gasteiger partial charge in [0.05, 0.1) is 0 Å². The number of methoxy groups -OCH3 is 1. The molecule has 19 heavy (non-hydrogen) atoms. The summed E-state index contributed by atoms with van der Waals surface area (Å²) in [6.07, 6.45) is 3.73. The quantitative estimate of drug-likeness (QED) is 0.818. The number of hydrogen-bond acceptors (Lipinski definition) is 3. The molecule has 0 radical (unpaired) electrons. The monoisotopic (exact) mass is 262 g/mol. The molecule has 1 atom stereocenters. The van der Waals surface area contributed by atoms with E-state index in [9.17, 15) is 0 Å². The van der Waals surface area contributed by atoms with E-state index in [2.05, 4.69) is 41.4 Å². The van der Waals surface area contributed by atoms with E-state index in [1.807, 2.05) is 0 Å². The number of ether oxygens (including phenoxy) is 1. The Labute approximate surface area is 116 Å². The minimum absolute atomic E-state index is 0.498. The molecule has 1 saturated heterocycles. The molecule has 1 aromatic carbocycles. The first-order chi connectivity index (χ1) is 9.29. The lowest BCUT2D eigenvalue weighted by atomic mass is 10.1. The van der Waals surface area contributed by atoms with Crippen molar-refractivity contribution in [1.29, 1.82) is 0 Å². The summed E-state index contributed by atoms with van der Waals surface area (Å²) >= 11 is 0. The Hall–Kier alpha value is -1.06. The fourth-order valence-electron chi connectivity index (χ4n) is 2.49. The molecule has 1 heterocycles. The SMILES string of the molecule is COCCC(C)NCc1ccc(N2CCCC2)cc1. The highest BCUT2D eigenvalue weighted by Gasteiger charge is 2.11. The molecule has 1 fully saturated rings. The lowest BCUT2D eigenvalue weighted by Gasteiger charge is -2.18. The molecule has 1 unspecified atom stereocenters. The zero-order valence-corrected chi connectivity index (χ0v) is 12.2. The average molecular weight is 262 g/mol. The first kappa shape index (κ1) is 14.4. The zero-order valence-electron chi connectivity index (χ0n) is 12.2. The largest absolute Gasteiger partial charge is 0.385 e. The van der Waals surface area contributed by atoms with Gasteiger partial charge in [-0.2, -0.15) is 0 Å². The Kier molecular flexibility index (Phi) is 5.67. The van der Waals surface area contributed by atoms with Gasteiger partial charge in [-0.15, -0.1) is 0 Å². The molecular formula is C16H26N2O. The number of nitrogens with one attached hydrogen (secondary N) is 1. The standard InChI is InChI=1S/C16H26N2O/c1-14(9-12-19-2)17-13-15-5-7-16(8-6-15)18-10-3-4-11-18/h5-8,14,17H,3-4,9-13H2,1-2H3. The van der Waals surface area contributed by atoms with Gasteiger partial charge in [-0.3, -0.25) is 0 Å². The van der Waals surface area contributed by atoms with E-state index < -0.39 is 0 Å². The van der Waals surface area contributed by atoms with Crippen molar-refractivity contribution in [2.45, 2.75) is 38.8 Å². The molecule has 0 saturated carbocycles. The number of anilines is 1. The second kappa shape index (κ2) is 7.51. The van der Waals surface area contributed by atoms with Crippen molar-refractivity contribution < 1.29 is 4.74 Å². The third kappa shape index (κ3) is 4.51. The first-order valence-electron chi connectivity index (χ1n) is 7.36. The van der Waals surface area contributed by atoms with Crippen LogP contribution < -0.4 is 10.2 Å². The molecule has 0 amide bonds. The van der Waals surface area contributed by atoms with Crippen molar-refractivity contribution in [2.24, 2.45) is 0 Å². The van der Waals surface area contributed by atoms with Gasteiger partial charge in [0.1, 0.15) is 0 Å². The fourth-order valence-corrected chi connectivity index (χ4v) is 2.49. The van der Waals surface area contributed by atoms with Gasteiger partial charge < -0.3 is 15.0 Å². The number of benzene rings is 1. The molecule has 0 spiro atoms. The number of nitrogens with zero attached hydrogens (tertiary/aromatic N) is 1. The van der Waals surface area contributed by atoms with Crippen LogP contribution in [-0.4, -0.2) is 32.8 Å². The van der Waals surface area contributed by atoms with Gasteiger partial charge in [0.15, 0.2) is 0 Å². The molecule has 2 rings (SSSR count). The van der Waals surface area contributed by atoms with Gasteiger partial charge in [-0.1, -0.05) is 12.1 Å². The summed E-state index contributed by atoms with van der Waals surface area (Å²) in [5.74, 6) is 0. The third-order valence-corrected chi connectivity index (χ3v) is 3.82. The fraction of sp³-hybridized carbons (Fsp3) is 0.625. The highest BCUT2D eigenvalue weighted by molar-refractivity contribution is 5.48. The van der Waals surface area contributed by atoms with E-state index >= 15 is 0 Å². The molecular weight excluding hydrogens is 236 g/mol. The minimum Gasteiger partial charge on any atom is -0.385 e. The Bertz CT molecular complexity index is 358. The second-order valence-electron chi connectivity index (χ2n) is 5.42. The van der Waals surface area contributed by atoms with Gasteiger partial charge in [0.25, 0.3) is 0 Å². The van der Waals surface area contributed by atoms with Crippen LogP contribution >= 0.6 is 0 Å². The van der Waals surface area contributed by atoms with E-state index in [-0.39, 0.29) is 0 Å². The molecule has 3 nitrogen and oxygen atoms in total. The van der Waals surface area contributed by atoms with Crippen LogP contribution in [0.25, 0.3) is 0 Å².